The minimum atomic E-state index is -0.510. The first-order valence-corrected chi connectivity index (χ1v) is 13.5. The Kier molecular flexibility index (Phi) is 10.5. The fourth-order valence-corrected chi connectivity index (χ4v) is 4.57. The van der Waals surface area contributed by atoms with Crippen LogP contribution in [0.3, 0.4) is 0 Å². The van der Waals surface area contributed by atoms with E-state index in [9.17, 15) is 9.59 Å². The number of rotatable bonds is 13. The van der Waals surface area contributed by atoms with Gasteiger partial charge in [0, 0.05) is 0 Å². The second kappa shape index (κ2) is 14.7. The van der Waals surface area contributed by atoms with E-state index in [4.69, 9.17) is 37.9 Å². The van der Waals surface area contributed by atoms with Crippen LogP contribution in [0, 0.1) is 0 Å². The third kappa shape index (κ3) is 7.52. The molecule has 0 saturated carbocycles. The van der Waals surface area contributed by atoms with Gasteiger partial charge in [0.2, 0.25) is 0 Å². The molecule has 230 valence electrons. The van der Waals surface area contributed by atoms with Crippen LogP contribution in [0.5, 0.6) is 46.0 Å². The van der Waals surface area contributed by atoms with Gasteiger partial charge in [0.15, 0.2) is 23.0 Å². The Morgan fingerprint density at radius 2 is 0.727 bits per heavy atom. The average molecular weight is 603 g/mol. The Hall–Kier alpha value is -5.38. The number of benzene rings is 4. The summed E-state index contributed by atoms with van der Waals surface area (Å²) < 4.78 is 43.8. The molecule has 0 unspecified atom stereocenters. The summed E-state index contributed by atoms with van der Waals surface area (Å²) in [6.45, 7) is 0. The van der Waals surface area contributed by atoms with E-state index < -0.39 is 11.9 Å². The SMILES string of the molecule is COc1ccc(OC(=O)Cc2cc(OC)c(OC)cc2-c2cc(OC)c(OC)cc2CC(=O)Oc2ccc(OC)cc2)cc1. The van der Waals surface area contributed by atoms with Crippen molar-refractivity contribution in [3.63, 3.8) is 0 Å². The molecule has 0 fully saturated rings. The van der Waals surface area contributed by atoms with Gasteiger partial charge in [-0.3, -0.25) is 9.59 Å². The first kappa shape index (κ1) is 31.6. The summed E-state index contributed by atoms with van der Waals surface area (Å²) in [5.74, 6) is 2.68. The van der Waals surface area contributed by atoms with Crippen LogP contribution < -0.4 is 37.9 Å². The molecule has 10 nitrogen and oxygen atoms in total. The van der Waals surface area contributed by atoms with Gasteiger partial charge < -0.3 is 37.9 Å². The molecule has 0 heterocycles. The lowest BCUT2D eigenvalue weighted by atomic mass is 9.91. The summed E-state index contributed by atoms with van der Waals surface area (Å²) in [5, 5.41) is 0. The highest BCUT2D eigenvalue weighted by atomic mass is 16.5. The first-order chi connectivity index (χ1) is 21.3. The second-order valence-corrected chi connectivity index (χ2v) is 9.38. The molecule has 0 N–H and O–H groups in total. The fourth-order valence-electron chi connectivity index (χ4n) is 4.57. The number of hydrogen-bond donors (Lipinski definition) is 0. The van der Waals surface area contributed by atoms with Gasteiger partial charge in [0.1, 0.15) is 23.0 Å². The number of ether oxygens (including phenoxy) is 8. The molecule has 4 aromatic rings. The number of esters is 2. The molecular weight excluding hydrogens is 568 g/mol. The monoisotopic (exact) mass is 602 g/mol. The Balaban J connectivity index is 1.74. The lowest BCUT2D eigenvalue weighted by Gasteiger charge is -2.19. The Labute approximate surface area is 255 Å². The standard InChI is InChI=1S/C34H34O10/c1-37-23-7-11-25(12-8-23)43-33(35)17-21-15-29(39-3)31(41-5)19-27(21)28-20-32(42-6)30(40-4)16-22(28)18-34(36)44-26-13-9-24(38-2)10-14-26/h7-16,19-20H,17-18H2,1-6H3. The molecule has 0 bridgehead atoms. The predicted octanol–water partition coefficient (Wildman–Crippen LogP) is 5.70. The van der Waals surface area contributed by atoms with Gasteiger partial charge in [-0.1, -0.05) is 0 Å². The molecule has 0 spiro atoms. The lowest BCUT2D eigenvalue weighted by Crippen LogP contribution is -2.14. The Morgan fingerprint density at radius 1 is 0.432 bits per heavy atom. The fraction of sp³-hybridized carbons (Fsp3) is 0.235. The van der Waals surface area contributed by atoms with E-state index in [0.717, 1.165) is 0 Å². The van der Waals surface area contributed by atoms with Crippen LogP contribution in [0.4, 0.5) is 0 Å². The van der Waals surface area contributed by atoms with Crippen LogP contribution in [0.25, 0.3) is 11.1 Å². The summed E-state index contributed by atoms with van der Waals surface area (Å²) in [4.78, 5) is 26.3. The third-order valence-corrected chi connectivity index (χ3v) is 6.76. The Bertz CT molecular complexity index is 1470. The van der Waals surface area contributed by atoms with Crippen molar-refractivity contribution in [2.24, 2.45) is 0 Å². The summed E-state index contributed by atoms with van der Waals surface area (Å²) >= 11 is 0. The summed E-state index contributed by atoms with van der Waals surface area (Å²) in [6.07, 6.45) is -0.238. The average Bonchev–Trinajstić information content (AvgIpc) is 3.05. The van der Waals surface area contributed by atoms with Crippen LogP contribution in [0.2, 0.25) is 0 Å². The van der Waals surface area contributed by atoms with Crippen molar-refractivity contribution in [1.82, 2.24) is 0 Å². The first-order valence-electron chi connectivity index (χ1n) is 13.5. The number of hydrogen-bond acceptors (Lipinski definition) is 10. The predicted molar refractivity (Wildman–Crippen MR) is 163 cm³/mol. The molecule has 4 rings (SSSR count). The molecule has 0 saturated heterocycles. The van der Waals surface area contributed by atoms with Crippen LogP contribution in [0.15, 0.2) is 72.8 Å². The number of carbonyl (C=O) groups is 2. The van der Waals surface area contributed by atoms with Crippen molar-refractivity contribution in [2.45, 2.75) is 12.8 Å². The number of carbonyl (C=O) groups excluding carboxylic acids is 2. The smallest absolute Gasteiger partial charge is 0.315 e. The summed E-state index contributed by atoms with van der Waals surface area (Å²) in [5.41, 5.74) is 2.33. The molecule has 4 aromatic carbocycles. The van der Waals surface area contributed by atoms with Crippen LogP contribution >= 0.6 is 0 Å². The Morgan fingerprint density at radius 3 is 1.02 bits per heavy atom. The van der Waals surface area contributed by atoms with E-state index >= 15 is 0 Å². The van der Waals surface area contributed by atoms with Crippen LogP contribution in [-0.4, -0.2) is 54.6 Å². The zero-order valence-electron chi connectivity index (χ0n) is 25.4. The molecule has 0 radical (unpaired) electrons. The highest BCUT2D eigenvalue weighted by molar-refractivity contribution is 5.85. The molecule has 0 aliphatic rings. The van der Waals surface area contributed by atoms with E-state index in [1.54, 1.807) is 87.0 Å². The summed E-state index contributed by atoms with van der Waals surface area (Å²) in [6, 6.07) is 20.3. The van der Waals surface area contributed by atoms with Gasteiger partial charge in [-0.2, -0.15) is 0 Å². The quantitative estimate of drug-likeness (QED) is 0.140. The molecule has 0 amide bonds. The molecule has 0 aromatic heterocycles. The van der Waals surface area contributed by atoms with Gasteiger partial charge in [-0.25, -0.2) is 0 Å². The third-order valence-electron chi connectivity index (χ3n) is 6.76. The van der Waals surface area contributed by atoms with Gasteiger partial charge in [0.05, 0.1) is 55.5 Å². The van der Waals surface area contributed by atoms with Crippen LogP contribution in [0.1, 0.15) is 11.1 Å². The topological polar surface area (TPSA) is 108 Å². The van der Waals surface area contributed by atoms with Crippen molar-refractivity contribution >= 4 is 11.9 Å². The zero-order valence-corrected chi connectivity index (χ0v) is 25.4. The second-order valence-electron chi connectivity index (χ2n) is 9.38. The van der Waals surface area contributed by atoms with Gasteiger partial charge in [-0.15, -0.1) is 0 Å². The van der Waals surface area contributed by atoms with Gasteiger partial charge in [-0.05, 0) is 95.1 Å². The van der Waals surface area contributed by atoms with Gasteiger partial charge >= 0.3 is 11.9 Å². The van der Waals surface area contributed by atoms with Crippen molar-refractivity contribution < 1.29 is 47.5 Å². The molecule has 10 heteroatoms. The molecular formula is C34H34O10. The summed E-state index contributed by atoms with van der Waals surface area (Å²) in [7, 11) is 9.16. The lowest BCUT2D eigenvalue weighted by molar-refractivity contribution is -0.134. The molecule has 0 aliphatic heterocycles. The molecule has 44 heavy (non-hydrogen) atoms. The van der Waals surface area contributed by atoms with Crippen molar-refractivity contribution in [2.75, 3.05) is 42.7 Å². The maximum Gasteiger partial charge on any atom is 0.315 e. The molecule has 0 aliphatic carbocycles. The normalized spacial score (nSPS) is 10.4. The number of methoxy groups -OCH3 is 6. The maximum absolute atomic E-state index is 13.2. The van der Waals surface area contributed by atoms with E-state index in [0.29, 0.717) is 68.2 Å². The zero-order chi connectivity index (χ0) is 31.6. The maximum atomic E-state index is 13.2. The minimum Gasteiger partial charge on any atom is -0.497 e. The van der Waals surface area contributed by atoms with E-state index in [1.807, 2.05) is 0 Å². The largest absolute Gasteiger partial charge is 0.497 e. The van der Waals surface area contributed by atoms with Crippen molar-refractivity contribution in [1.29, 1.82) is 0 Å². The highest BCUT2D eigenvalue weighted by Crippen LogP contribution is 2.42. The van der Waals surface area contributed by atoms with Crippen molar-refractivity contribution in [3.05, 3.63) is 83.9 Å². The molecule has 0 atom stereocenters. The van der Waals surface area contributed by atoms with Gasteiger partial charge in [0.25, 0.3) is 0 Å². The highest BCUT2D eigenvalue weighted by Gasteiger charge is 2.22. The van der Waals surface area contributed by atoms with E-state index in [1.165, 1.54) is 28.4 Å². The van der Waals surface area contributed by atoms with Crippen LogP contribution in [-0.2, 0) is 22.4 Å². The minimum absolute atomic E-state index is 0.119. The van der Waals surface area contributed by atoms with Crippen molar-refractivity contribution in [3.8, 4) is 57.1 Å². The van der Waals surface area contributed by atoms with E-state index in [2.05, 4.69) is 0 Å². The van der Waals surface area contributed by atoms with E-state index in [-0.39, 0.29) is 12.8 Å².